The Bertz CT molecular complexity index is 1690. The van der Waals surface area contributed by atoms with Gasteiger partial charge in [-0.05, 0) is 80.5 Å². The summed E-state index contributed by atoms with van der Waals surface area (Å²) in [7, 11) is 6.44. The van der Waals surface area contributed by atoms with Crippen LogP contribution >= 0.6 is 0 Å². The summed E-state index contributed by atoms with van der Waals surface area (Å²) < 4.78 is 59.8. The summed E-state index contributed by atoms with van der Waals surface area (Å²) in [6, 6.07) is 9.33. The molecule has 0 spiro atoms. The molecule has 2 fully saturated rings. The van der Waals surface area contributed by atoms with E-state index in [0.717, 1.165) is 24.8 Å². The first-order valence-corrected chi connectivity index (χ1v) is 18.0. The van der Waals surface area contributed by atoms with Crippen LogP contribution in [0.3, 0.4) is 0 Å². The number of esters is 1. The molecule has 0 aromatic heterocycles. The van der Waals surface area contributed by atoms with Gasteiger partial charge < -0.3 is 52.3 Å². The Balaban J connectivity index is 1.19. The molecule has 0 N–H and O–H groups in total. The number of benzene rings is 3. The first-order valence-electron chi connectivity index (χ1n) is 18.0. The molecule has 276 valence electrons. The molecule has 3 aromatic carbocycles. The van der Waals surface area contributed by atoms with Crippen LogP contribution in [0.5, 0.6) is 28.7 Å². The van der Waals surface area contributed by atoms with Gasteiger partial charge in [0.05, 0.1) is 26.4 Å². The number of cyclic esters (lactones) is 1. The third kappa shape index (κ3) is 7.30. The van der Waals surface area contributed by atoms with E-state index in [4.69, 9.17) is 47.4 Å². The van der Waals surface area contributed by atoms with Crippen LogP contribution in [-0.2, 0) is 30.3 Å². The molecular weight excluding hydrogens is 658 g/mol. The van der Waals surface area contributed by atoms with Crippen LogP contribution in [0.15, 0.2) is 30.3 Å². The van der Waals surface area contributed by atoms with Gasteiger partial charge in [-0.1, -0.05) is 25.3 Å². The molecule has 0 unspecified atom stereocenters. The van der Waals surface area contributed by atoms with Gasteiger partial charge in [-0.25, -0.2) is 4.79 Å². The standard InChI is InChI=1S/C39H49NO11/c1-42-29-19-25-26(20-30(29)43-2)35(27-21-47-38(41)34(27)33(25)24-12-13-28-31(18-24)50-23-49-28)51-39-37(36(45-4)32(44-3)22-48-39)46-17-11-6-5-8-14-40-15-9-7-10-16-40/h12-13,18-20,32,36-37,39H,5-11,14-17,21-23H2,1-4H3/t32-,36+,37-,39+/m1/s1. The van der Waals surface area contributed by atoms with Crippen molar-refractivity contribution in [2.45, 2.75) is 76.2 Å². The molecule has 0 bridgehead atoms. The van der Waals surface area contributed by atoms with E-state index in [1.807, 2.05) is 30.3 Å². The molecule has 3 aromatic rings. The van der Waals surface area contributed by atoms with Gasteiger partial charge in [-0.2, -0.15) is 0 Å². The molecule has 4 aliphatic rings. The maximum Gasteiger partial charge on any atom is 0.339 e. The molecule has 4 aliphatic heterocycles. The van der Waals surface area contributed by atoms with Crippen LogP contribution in [0.2, 0.25) is 0 Å². The van der Waals surface area contributed by atoms with E-state index in [-0.39, 0.29) is 26.1 Å². The fourth-order valence-corrected chi connectivity index (χ4v) is 7.71. The summed E-state index contributed by atoms with van der Waals surface area (Å²) in [5.41, 5.74) is 2.43. The maximum absolute atomic E-state index is 13.6. The first-order chi connectivity index (χ1) is 25.0. The molecule has 7 rings (SSSR count). The van der Waals surface area contributed by atoms with Crippen molar-refractivity contribution in [1.29, 1.82) is 0 Å². The smallest absolute Gasteiger partial charge is 0.339 e. The van der Waals surface area contributed by atoms with Crippen molar-refractivity contribution >= 4 is 16.7 Å². The number of hydrogen-bond donors (Lipinski definition) is 0. The van der Waals surface area contributed by atoms with Gasteiger partial charge in [-0.3, -0.25) is 0 Å². The minimum atomic E-state index is -0.868. The van der Waals surface area contributed by atoms with Crippen molar-refractivity contribution in [2.75, 3.05) is 68.1 Å². The average Bonchev–Trinajstić information content (AvgIpc) is 3.80. The Hall–Kier alpha value is -3.81. The van der Waals surface area contributed by atoms with Gasteiger partial charge >= 0.3 is 5.97 Å². The molecule has 4 heterocycles. The fourth-order valence-electron chi connectivity index (χ4n) is 7.71. The lowest BCUT2D eigenvalue weighted by Gasteiger charge is -2.41. The number of piperidine rings is 1. The monoisotopic (exact) mass is 707 g/mol. The molecule has 4 atom stereocenters. The largest absolute Gasteiger partial charge is 0.493 e. The molecule has 0 aliphatic carbocycles. The lowest BCUT2D eigenvalue weighted by Crippen LogP contribution is -2.57. The van der Waals surface area contributed by atoms with Gasteiger partial charge in [-0.15, -0.1) is 0 Å². The van der Waals surface area contributed by atoms with Crippen molar-refractivity contribution in [3.8, 4) is 39.9 Å². The van der Waals surface area contributed by atoms with Crippen LogP contribution in [0, 0.1) is 0 Å². The molecular formula is C39H49NO11. The van der Waals surface area contributed by atoms with Gasteiger partial charge in [0.25, 0.3) is 0 Å². The SMILES string of the molecule is COc1cc2c(O[C@@H]3OC[C@@H](OC)[C@H](OC)[C@H]3OCCCCCCN3CCCCC3)c3c(c(-c4ccc5c(c4)OCO5)c2cc1OC)C(=O)OC3. The van der Waals surface area contributed by atoms with Crippen molar-refractivity contribution in [3.63, 3.8) is 0 Å². The van der Waals surface area contributed by atoms with E-state index < -0.39 is 24.5 Å². The highest BCUT2D eigenvalue weighted by Crippen LogP contribution is 2.50. The van der Waals surface area contributed by atoms with Gasteiger partial charge in [0, 0.05) is 37.3 Å². The Kier molecular flexibility index (Phi) is 11.3. The topological polar surface area (TPSA) is 113 Å². The van der Waals surface area contributed by atoms with Crippen molar-refractivity contribution in [2.24, 2.45) is 0 Å². The Morgan fingerprint density at radius 2 is 1.55 bits per heavy atom. The predicted molar refractivity (Wildman–Crippen MR) is 188 cm³/mol. The summed E-state index contributed by atoms with van der Waals surface area (Å²) in [5, 5.41) is 1.39. The number of carbonyl (C=O) groups is 1. The number of unbranched alkanes of at least 4 members (excludes halogenated alkanes) is 3. The van der Waals surface area contributed by atoms with Crippen molar-refractivity contribution < 1.29 is 52.2 Å². The zero-order chi connectivity index (χ0) is 35.3. The minimum Gasteiger partial charge on any atom is -0.493 e. The van der Waals surface area contributed by atoms with Crippen LogP contribution in [0.1, 0.15) is 60.9 Å². The number of methoxy groups -OCH3 is 4. The highest BCUT2D eigenvalue weighted by atomic mass is 16.7. The normalized spacial score (nSPS) is 22.9. The first kappa shape index (κ1) is 35.6. The second-order valence-corrected chi connectivity index (χ2v) is 13.4. The van der Waals surface area contributed by atoms with E-state index in [9.17, 15) is 4.79 Å². The van der Waals surface area contributed by atoms with E-state index in [2.05, 4.69) is 4.90 Å². The van der Waals surface area contributed by atoms with Gasteiger partial charge in [0.1, 0.15) is 30.7 Å². The number of fused-ring (bicyclic) bond motifs is 3. The molecule has 51 heavy (non-hydrogen) atoms. The average molecular weight is 708 g/mol. The van der Waals surface area contributed by atoms with Crippen LogP contribution in [-0.4, -0.2) is 104 Å². The zero-order valence-corrected chi connectivity index (χ0v) is 30.0. The third-order valence-electron chi connectivity index (χ3n) is 10.4. The maximum atomic E-state index is 13.6. The predicted octanol–water partition coefficient (Wildman–Crippen LogP) is 6.12. The van der Waals surface area contributed by atoms with Gasteiger partial charge in [0.15, 0.2) is 23.0 Å². The van der Waals surface area contributed by atoms with Gasteiger partial charge in [0.2, 0.25) is 13.1 Å². The number of ether oxygens (including phenoxy) is 10. The minimum absolute atomic E-state index is 0.0232. The molecule has 12 heteroatoms. The second-order valence-electron chi connectivity index (χ2n) is 13.4. The van der Waals surface area contributed by atoms with E-state index in [1.165, 1.54) is 45.3 Å². The number of likely N-dealkylation sites (tertiary alicyclic amines) is 1. The summed E-state index contributed by atoms with van der Waals surface area (Å²) in [6.07, 6.45) is 6.03. The molecule has 0 radical (unpaired) electrons. The number of rotatable bonds is 15. The lowest BCUT2D eigenvalue weighted by atomic mass is 9.89. The number of nitrogens with zero attached hydrogens (tertiary/aromatic N) is 1. The zero-order valence-electron chi connectivity index (χ0n) is 30.0. The highest BCUT2D eigenvalue weighted by molar-refractivity contribution is 6.14. The number of hydrogen-bond acceptors (Lipinski definition) is 12. The second kappa shape index (κ2) is 16.2. The van der Waals surface area contributed by atoms with Crippen LogP contribution in [0.25, 0.3) is 21.9 Å². The molecule has 0 amide bonds. The third-order valence-corrected chi connectivity index (χ3v) is 10.4. The summed E-state index contributed by atoms with van der Waals surface area (Å²) in [6.45, 7) is 4.53. The quantitative estimate of drug-likeness (QED) is 0.134. The summed E-state index contributed by atoms with van der Waals surface area (Å²) in [5.74, 6) is 2.23. The molecule has 12 nitrogen and oxygen atoms in total. The Morgan fingerprint density at radius 1 is 0.784 bits per heavy atom. The molecule has 2 saturated heterocycles. The van der Waals surface area contributed by atoms with Crippen LogP contribution < -0.4 is 23.7 Å². The fraction of sp³-hybridized carbons (Fsp3) is 0.564. The van der Waals surface area contributed by atoms with Crippen molar-refractivity contribution in [3.05, 3.63) is 41.5 Å². The van der Waals surface area contributed by atoms with Crippen molar-refractivity contribution in [1.82, 2.24) is 4.90 Å². The van der Waals surface area contributed by atoms with E-state index >= 15 is 0 Å². The van der Waals surface area contributed by atoms with E-state index in [0.29, 0.717) is 62.8 Å². The summed E-state index contributed by atoms with van der Waals surface area (Å²) in [4.78, 5) is 16.1. The Morgan fingerprint density at radius 3 is 2.31 bits per heavy atom. The molecule has 0 saturated carbocycles. The Labute approximate surface area is 299 Å². The lowest BCUT2D eigenvalue weighted by molar-refractivity contribution is -0.264. The highest BCUT2D eigenvalue weighted by Gasteiger charge is 2.45. The van der Waals surface area contributed by atoms with E-state index in [1.54, 1.807) is 28.4 Å². The number of carbonyl (C=O) groups excluding carboxylic acids is 1. The van der Waals surface area contributed by atoms with Crippen LogP contribution in [0.4, 0.5) is 0 Å². The summed E-state index contributed by atoms with van der Waals surface area (Å²) >= 11 is 0.